The average Bonchev–Trinajstić information content (AvgIpc) is 3.27. The van der Waals surface area contributed by atoms with Gasteiger partial charge in [-0.15, -0.1) is 11.3 Å². The molecule has 150 valence electrons. The van der Waals surface area contributed by atoms with Crippen LogP contribution >= 0.6 is 11.3 Å². The van der Waals surface area contributed by atoms with Gasteiger partial charge in [-0.25, -0.2) is 4.79 Å². The van der Waals surface area contributed by atoms with Gasteiger partial charge in [-0.05, 0) is 39.3 Å². The van der Waals surface area contributed by atoms with E-state index in [4.69, 9.17) is 18.0 Å². The molecule has 1 aromatic heterocycles. The minimum atomic E-state index is -2.64. The Balaban J connectivity index is 0.000000625. The van der Waals surface area contributed by atoms with Gasteiger partial charge in [0.1, 0.15) is 0 Å². The molecular formula is C19H29NO5SSi. The van der Waals surface area contributed by atoms with Crippen LogP contribution in [0.2, 0.25) is 6.04 Å². The van der Waals surface area contributed by atoms with Gasteiger partial charge in [0, 0.05) is 37.4 Å². The summed E-state index contributed by atoms with van der Waals surface area (Å²) in [6.45, 7) is 7.76. The average molecular weight is 412 g/mol. The molecule has 1 heterocycles. The third-order valence-electron chi connectivity index (χ3n) is 3.31. The van der Waals surface area contributed by atoms with Crippen molar-refractivity contribution in [1.82, 2.24) is 4.98 Å². The molecule has 0 saturated heterocycles. The number of nitrogens with zero attached hydrogens (tertiary/aromatic N) is 1. The normalized spacial score (nSPS) is 10.8. The van der Waals surface area contributed by atoms with Crippen molar-refractivity contribution in [2.75, 3.05) is 26.4 Å². The molecule has 0 radical (unpaired) electrons. The van der Waals surface area contributed by atoms with Crippen LogP contribution in [0.4, 0.5) is 0 Å². The first kappa shape index (κ1) is 23.5. The fraction of sp³-hybridized carbons (Fsp3) is 0.474. The highest BCUT2D eigenvalue weighted by molar-refractivity contribution is 7.07. The van der Waals surface area contributed by atoms with Gasteiger partial charge in [-0.3, -0.25) is 4.98 Å². The Morgan fingerprint density at radius 3 is 2.11 bits per heavy atom. The first-order valence-corrected chi connectivity index (χ1v) is 12.0. The molecule has 0 atom stereocenters. The first-order chi connectivity index (χ1) is 13.2. The van der Waals surface area contributed by atoms with Crippen molar-refractivity contribution in [3.63, 3.8) is 0 Å². The van der Waals surface area contributed by atoms with Crippen molar-refractivity contribution >= 4 is 26.1 Å². The second kappa shape index (κ2) is 14.5. The van der Waals surface area contributed by atoms with Gasteiger partial charge in [-0.1, -0.05) is 18.2 Å². The van der Waals surface area contributed by atoms with Gasteiger partial charge in [0.2, 0.25) is 0 Å². The summed E-state index contributed by atoms with van der Waals surface area (Å²) in [4.78, 5) is 15.6. The lowest BCUT2D eigenvalue weighted by atomic mass is 10.2. The highest BCUT2D eigenvalue weighted by Crippen LogP contribution is 2.18. The van der Waals surface area contributed by atoms with E-state index in [1.54, 1.807) is 35.2 Å². The van der Waals surface area contributed by atoms with Crippen LogP contribution in [0, 0.1) is 0 Å². The number of hydrogen-bond acceptors (Lipinski definition) is 7. The quantitative estimate of drug-likeness (QED) is 0.310. The molecule has 6 nitrogen and oxygen atoms in total. The lowest BCUT2D eigenvalue weighted by molar-refractivity contribution is 0.0468. The second-order valence-electron chi connectivity index (χ2n) is 5.26. The van der Waals surface area contributed by atoms with Gasteiger partial charge in [-0.2, -0.15) is 0 Å². The lowest BCUT2D eigenvalue weighted by Crippen LogP contribution is -2.46. The number of carbonyl (C=O) groups is 1. The fourth-order valence-corrected chi connectivity index (χ4v) is 5.22. The zero-order valence-corrected chi connectivity index (χ0v) is 18.1. The summed E-state index contributed by atoms with van der Waals surface area (Å²) in [5.74, 6) is -0.308. The monoisotopic (exact) mass is 411 g/mol. The number of esters is 1. The van der Waals surface area contributed by atoms with Crippen LogP contribution < -0.4 is 0 Å². The molecular weight excluding hydrogens is 382 g/mol. The zero-order valence-electron chi connectivity index (χ0n) is 16.3. The standard InChI is InChI=1S/C16H26O5Si.C3H3NS/c1-4-19-22(20-5-2,21-6-3)14-10-13-18-16(17)15-11-8-7-9-12-15;1-2-5-3-4-1/h7-9,11-12H,4-6,10,13-14H2,1-3H3;1-3H. The molecule has 1 aromatic carbocycles. The fourth-order valence-electron chi connectivity index (χ4n) is 2.29. The second-order valence-corrected chi connectivity index (χ2v) is 8.75. The summed E-state index contributed by atoms with van der Waals surface area (Å²) >= 11 is 1.60. The minimum Gasteiger partial charge on any atom is -0.462 e. The Morgan fingerprint density at radius 1 is 1.04 bits per heavy atom. The maximum absolute atomic E-state index is 11.8. The van der Waals surface area contributed by atoms with E-state index in [-0.39, 0.29) is 5.97 Å². The SMILES string of the molecule is CCO[Si](CCCOC(=O)c1ccccc1)(OCC)OCC.c1cscn1. The lowest BCUT2D eigenvalue weighted by Gasteiger charge is -2.28. The van der Waals surface area contributed by atoms with E-state index in [2.05, 4.69) is 4.98 Å². The zero-order chi connectivity index (χ0) is 19.8. The van der Waals surface area contributed by atoms with Crippen LogP contribution in [0.1, 0.15) is 37.6 Å². The largest absolute Gasteiger partial charge is 0.501 e. The number of benzene rings is 1. The number of hydrogen-bond donors (Lipinski definition) is 0. The highest BCUT2D eigenvalue weighted by atomic mass is 32.1. The molecule has 0 unspecified atom stereocenters. The smallest absolute Gasteiger partial charge is 0.462 e. The predicted molar refractivity (Wildman–Crippen MR) is 109 cm³/mol. The molecule has 0 fully saturated rings. The van der Waals surface area contributed by atoms with Crippen molar-refractivity contribution in [2.24, 2.45) is 0 Å². The highest BCUT2D eigenvalue weighted by Gasteiger charge is 2.39. The van der Waals surface area contributed by atoms with Crippen LogP contribution in [0.25, 0.3) is 0 Å². The van der Waals surface area contributed by atoms with Crippen LogP contribution in [0.15, 0.2) is 47.4 Å². The number of ether oxygens (including phenoxy) is 1. The van der Waals surface area contributed by atoms with E-state index in [0.29, 0.717) is 44.5 Å². The summed E-state index contributed by atoms with van der Waals surface area (Å²) in [6, 6.07) is 9.61. The van der Waals surface area contributed by atoms with Crippen molar-refractivity contribution in [3.8, 4) is 0 Å². The Morgan fingerprint density at radius 2 is 1.67 bits per heavy atom. The molecule has 0 N–H and O–H groups in total. The van der Waals surface area contributed by atoms with Crippen LogP contribution in [0.3, 0.4) is 0 Å². The van der Waals surface area contributed by atoms with E-state index in [0.717, 1.165) is 0 Å². The van der Waals surface area contributed by atoms with Crippen molar-refractivity contribution in [1.29, 1.82) is 0 Å². The van der Waals surface area contributed by atoms with Crippen LogP contribution in [-0.4, -0.2) is 46.2 Å². The van der Waals surface area contributed by atoms with Gasteiger partial charge in [0.25, 0.3) is 0 Å². The molecule has 2 aromatic rings. The van der Waals surface area contributed by atoms with Crippen LogP contribution in [-0.2, 0) is 18.0 Å². The van der Waals surface area contributed by atoms with E-state index in [1.165, 1.54) is 0 Å². The topological polar surface area (TPSA) is 66.9 Å². The third kappa shape index (κ3) is 9.78. The first-order valence-electron chi connectivity index (χ1n) is 9.13. The summed E-state index contributed by atoms with van der Waals surface area (Å²) < 4.78 is 22.5. The summed E-state index contributed by atoms with van der Waals surface area (Å²) in [5.41, 5.74) is 2.35. The van der Waals surface area contributed by atoms with Crippen LogP contribution in [0.5, 0.6) is 0 Å². The number of carbonyl (C=O) groups excluding carboxylic acids is 1. The Kier molecular flexibility index (Phi) is 12.6. The molecule has 27 heavy (non-hydrogen) atoms. The molecule has 0 aliphatic heterocycles. The minimum absolute atomic E-state index is 0.308. The van der Waals surface area contributed by atoms with Crippen molar-refractivity contribution in [2.45, 2.75) is 33.2 Å². The van der Waals surface area contributed by atoms with Gasteiger partial charge >= 0.3 is 14.8 Å². The maximum Gasteiger partial charge on any atom is 0.501 e. The van der Waals surface area contributed by atoms with E-state index in [9.17, 15) is 4.79 Å². The van der Waals surface area contributed by atoms with E-state index in [1.807, 2.05) is 44.4 Å². The van der Waals surface area contributed by atoms with Crippen molar-refractivity contribution < 1.29 is 22.8 Å². The molecule has 0 saturated carbocycles. The van der Waals surface area contributed by atoms with E-state index < -0.39 is 8.80 Å². The summed E-state index contributed by atoms with van der Waals surface area (Å²) in [6.07, 6.45) is 2.43. The van der Waals surface area contributed by atoms with Gasteiger partial charge < -0.3 is 18.0 Å². The Bertz CT molecular complexity index is 563. The number of rotatable bonds is 11. The molecule has 0 bridgehead atoms. The van der Waals surface area contributed by atoms with Gasteiger partial charge in [0.05, 0.1) is 17.7 Å². The molecule has 0 spiro atoms. The maximum atomic E-state index is 11.8. The molecule has 0 amide bonds. The Labute approximate surface area is 166 Å². The molecule has 8 heteroatoms. The molecule has 2 rings (SSSR count). The van der Waals surface area contributed by atoms with Gasteiger partial charge in [0.15, 0.2) is 0 Å². The summed E-state index contributed by atoms with van der Waals surface area (Å²) in [5, 5.41) is 1.93. The predicted octanol–water partition coefficient (Wildman–Crippen LogP) is 4.43. The number of thiazole rings is 1. The third-order valence-corrected chi connectivity index (χ3v) is 6.98. The van der Waals surface area contributed by atoms with Crippen molar-refractivity contribution in [3.05, 3.63) is 53.0 Å². The van der Waals surface area contributed by atoms with E-state index >= 15 is 0 Å². The molecule has 0 aliphatic carbocycles. The Hall–Kier alpha value is -1.58. The summed E-state index contributed by atoms with van der Waals surface area (Å²) in [7, 11) is -2.64. The number of aromatic nitrogens is 1. The molecule has 0 aliphatic rings.